The van der Waals surface area contributed by atoms with E-state index in [4.69, 9.17) is 0 Å². The van der Waals surface area contributed by atoms with Crippen LogP contribution in [0.1, 0.15) is 35.4 Å². The van der Waals surface area contributed by atoms with Gasteiger partial charge < -0.3 is 15.3 Å². The fourth-order valence-corrected chi connectivity index (χ4v) is 4.44. The van der Waals surface area contributed by atoms with E-state index in [1.54, 1.807) is 6.20 Å². The number of nitrogens with zero attached hydrogens (tertiary/aromatic N) is 3. The number of piperidine rings is 1. The van der Waals surface area contributed by atoms with Crippen molar-refractivity contribution in [3.63, 3.8) is 0 Å². The van der Waals surface area contributed by atoms with Gasteiger partial charge in [-0.15, -0.1) is 0 Å². The summed E-state index contributed by atoms with van der Waals surface area (Å²) in [5.74, 6) is 0.335. The second kappa shape index (κ2) is 9.37. The summed E-state index contributed by atoms with van der Waals surface area (Å²) in [4.78, 5) is 20.9. The summed E-state index contributed by atoms with van der Waals surface area (Å²) in [6.07, 6.45) is 6.19. The lowest BCUT2D eigenvalue weighted by Crippen LogP contribution is -2.48. The Balaban J connectivity index is 1.23. The van der Waals surface area contributed by atoms with Crippen LogP contribution in [0.25, 0.3) is 0 Å². The van der Waals surface area contributed by atoms with Crippen LogP contribution in [0.2, 0.25) is 0 Å². The van der Waals surface area contributed by atoms with Gasteiger partial charge in [0.1, 0.15) is 0 Å². The van der Waals surface area contributed by atoms with Gasteiger partial charge in [0.15, 0.2) is 0 Å². The summed E-state index contributed by atoms with van der Waals surface area (Å²) in [5.41, 5.74) is 3.93. The van der Waals surface area contributed by atoms with Crippen LogP contribution in [0.3, 0.4) is 0 Å². The first-order valence-electron chi connectivity index (χ1n) is 10.6. The molecule has 2 unspecified atom stereocenters. The molecule has 1 aromatic carbocycles. The molecule has 6 heteroatoms. The fraction of sp³-hybridized carbons (Fsp3) is 0.478. The van der Waals surface area contributed by atoms with E-state index >= 15 is 0 Å². The molecule has 2 aliphatic rings. The van der Waals surface area contributed by atoms with Gasteiger partial charge in [-0.2, -0.15) is 0 Å². The predicted octanol–water partition coefficient (Wildman–Crippen LogP) is 2.39. The summed E-state index contributed by atoms with van der Waals surface area (Å²) in [7, 11) is 0. The van der Waals surface area contributed by atoms with Crippen molar-refractivity contribution in [1.82, 2.24) is 20.1 Å². The average molecular weight is 395 g/mol. The lowest BCUT2D eigenvalue weighted by atomic mass is 9.92. The van der Waals surface area contributed by atoms with Crippen LogP contribution in [0.4, 0.5) is 4.79 Å². The Labute approximate surface area is 172 Å². The van der Waals surface area contributed by atoms with E-state index < -0.39 is 6.10 Å². The Morgan fingerprint density at radius 1 is 1.21 bits per heavy atom. The number of aliphatic hydroxyl groups is 1. The zero-order chi connectivity index (χ0) is 20.1. The van der Waals surface area contributed by atoms with Crippen molar-refractivity contribution in [2.45, 2.75) is 37.8 Å². The highest BCUT2D eigenvalue weighted by molar-refractivity contribution is 5.74. The van der Waals surface area contributed by atoms with E-state index in [1.165, 1.54) is 16.7 Å². The third-order valence-electron chi connectivity index (χ3n) is 6.03. The summed E-state index contributed by atoms with van der Waals surface area (Å²) < 4.78 is 0. The molecule has 0 spiro atoms. The molecule has 2 aromatic rings. The maximum atomic E-state index is 12.6. The summed E-state index contributed by atoms with van der Waals surface area (Å²) in [6.45, 7) is 4.14. The number of pyridine rings is 1. The molecule has 2 aliphatic heterocycles. The molecular weight excluding hydrogens is 364 g/mol. The summed E-state index contributed by atoms with van der Waals surface area (Å²) >= 11 is 0. The maximum Gasteiger partial charge on any atom is 0.317 e. The minimum absolute atomic E-state index is 0.0818. The van der Waals surface area contributed by atoms with Crippen molar-refractivity contribution >= 4 is 6.03 Å². The van der Waals surface area contributed by atoms with Gasteiger partial charge in [0, 0.05) is 57.6 Å². The normalized spacial score (nSPS) is 20.7. The molecule has 154 valence electrons. The molecule has 1 fully saturated rings. The fourth-order valence-electron chi connectivity index (χ4n) is 4.44. The number of rotatable bonds is 5. The van der Waals surface area contributed by atoms with E-state index in [2.05, 4.69) is 45.5 Å². The average Bonchev–Trinajstić information content (AvgIpc) is 2.78. The van der Waals surface area contributed by atoms with Crippen LogP contribution < -0.4 is 5.32 Å². The highest BCUT2D eigenvalue weighted by atomic mass is 16.3. The van der Waals surface area contributed by atoms with Gasteiger partial charge in [-0.05, 0) is 42.0 Å². The highest BCUT2D eigenvalue weighted by Crippen LogP contribution is 2.26. The minimum atomic E-state index is -0.567. The van der Waals surface area contributed by atoms with Crippen LogP contribution in [0.15, 0.2) is 48.8 Å². The second-order valence-corrected chi connectivity index (χ2v) is 8.17. The van der Waals surface area contributed by atoms with Crippen LogP contribution in [0, 0.1) is 0 Å². The molecule has 0 bridgehead atoms. The maximum absolute atomic E-state index is 12.6. The first kappa shape index (κ1) is 19.9. The summed E-state index contributed by atoms with van der Waals surface area (Å²) in [6, 6.07) is 12.4. The number of hydrogen-bond donors (Lipinski definition) is 2. The molecule has 0 aliphatic carbocycles. The first-order valence-corrected chi connectivity index (χ1v) is 10.6. The number of hydrogen-bond acceptors (Lipinski definition) is 4. The highest BCUT2D eigenvalue weighted by Gasteiger charge is 2.25. The van der Waals surface area contributed by atoms with Gasteiger partial charge in [-0.1, -0.05) is 30.3 Å². The van der Waals surface area contributed by atoms with E-state index in [1.807, 2.05) is 17.2 Å². The minimum Gasteiger partial charge on any atom is -0.390 e. The largest absolute Gasteiger partial charge is 0.390 e. The Hall–Kier alpha value is -2.44. The third kappa shape index (κ3) is 5.14. The molecule has 29 heavy (non-hydrogen) atoms. The number of benzene rings is 1. The Morgan fingerprint density at radius 2 is 2.07 bits per heavy atom. The molecule has 0 radical (unpaired) electrons. The lowest BCUT2D eigenvalue weighted by Gasteiger charge is -2.33. The molecule has 2 atom stereocenters. The molecular formula is C23H30N4O2. The number of fused-ring (bicyclic) bond motifs is 1. The molecule has 2 amide bonds. The van der Waals surface area contributed by atoms with E-state index in [0.29, 0.717) is 19.0 Å². The van der Waals surface area contributed by atoms with Gasteiger partial charge in [0.2, 0.25) is 0 Å². The SMILES string of the molecule is O=C(NCC(O)CN1CCc2ccccc2C1)N1CCCC(c2cccnc2)C1. The summed E-state index contributed by atoms with van der Waals surface area (Å²) in [5, 5.41) is 13.4. The van der Waals surface area contributed by atoms with Crippen molar-refractivity contribution in [2.75, 3.05) is 32.7 Å². The third-order valence-corrected chi connectivity index (χ3v) is 6.03. The van der Waals surface area contributed by atoms with E-state index in [9.17, 15) is 9.90 Å². The van der Waals surface area contributed by atoms with Crippen LogP contribution in [-0.2, 0) is 13.0 Å². The van der Waals surface area contributed by atoms with Crippen molar-refractivity contribution in [1.29, 1.82) is 0 Å². The monoisotopic (exact) mass is 394 g/mol. The van der Waals surface area contributed by atoms with Crippen molar-refractivity contribution < 1.29 is 9.90 Å². The number of aliphatic hydroxyl groups excluding tert-OH is 1. The molecule has 3 heterocycles. The van der Waals surface area contributed by atoms with Crippen molar-refractivity contribution in [2.24, 2.45) is 0 Å². The Kier molecular flexibility index (Phi) is 6.42. The number of aromatic nitrogens is 1. The van der Waals surface area contributed by atoms with Crippen LogP contribution in [-0.4, -0.2) is 64.7 Å². The number of urea groups is 1. The smallest absolute Gasteiger partial charge is 0.317 e. The van der Waals surface area contributed by atoms with Crippen molar-refractivity contribution in [3.8, 4) is 0 Å². The Morgan fingerprint density at radius 3 is 2.90 bits per heavy atom. The van der Waals surface area contributed by atoms with Crippen LogP contribution >= 0.6 is 0 Å². The topological polar surface area (TPSA) is 68.7 Å². The molecule has 0 saturated carbocycles. The molecule has 1 aromatic heterocycles. The number of β-amino-alcohol motifs (C(OH)–C–C–N with tert-alkyl or cyclic N) is 1. The second-order valence-electron chi connectivity index (χ2n) is 8.17. The molecule has 1 saturated heterocycles. The Bertz CT molecular complexity index is 814. The van der Waals surface area contributed by atoms with Crippen LogP contribution in [0.5, 0.6) is 0 Å². The van der Waals surface area contributed by atoms with Gasteiger partial charge in [-0.25, -0.2) is 4.79 Å². The quantitative estimate of drug-likeness (QED) is 0.817. The zero-order valence-electron chi connectivity index (χ0n) is 16.8. The first-order chi connectivity index (χ1) is 14.2. The van der Waals surface area contributed by atoms with Crippen molar-refractivity contribution in [3.05, 3.63) is 65.5 Å². The number of amides is 2. The number of likely N-dealkylation sites (tertiary alicyclic amines) is 1. The molecule has 6 nitrogen and oxygen atoms in total. The lowest BCUT2D eigenvalue weighted by molar-refractivity contribution is 0.102. The predicted molar refractivity (Wildman–Crippen MR) is 113 cm³/mol. The number of carbonyl (C=O) groups excluding carboxylic acids is 1. The number of nitrogens with one attached hydrogen (secondary N) is 1. The van der Waals surface area contributed by atoms with E-state index in [-0.39, 0.29) is 12.6 Å². The number of carbonyl (C=O) groups is 1. The molecule has 4 rings (SSSR count). The van der Waals surface area contributed by atoms with E-state index in [0.717, 1.165) is 38.9 Å². The zero-order valence-corrected chi connectivity index (χ0v) is 16.8. The van der Waals surface area contributed by atoms with Gasteiger partial charge in [-0.3, -0.25) is 9.88 Å². The molecule has 2 N–H and O–H groups in total. The van der Waals surface area contributed by atoms with Gasteiger partial charge >= 0.3 is 6.03 Å². The van der Waals surface area contributed by atoms with Gasteiger partial charge in [0.25, 0.3) is 0 Å². The standard InChI is InChI=1S/C23H30N4O2/c28-22(17-26-12-9-18-5-1-2-6-20(18)15-26)14-25-23(29)27-11-4-8-21(16-27)19-7-3-10-24-13-19/h1-3,5-7,10,13,21-22,28H,4,8-9,11-12,14-17H2,(H,25,29). The van der Waals surface area contributed by atoms with Gasteiger partial charge in [0.05, 0.1) is 6.10 Å².